The molecule has 0 bridgehead atoms. The molecule has 4 heteroatoms. The smallest absolute Gasteiger partial charge is 0.336 e. The van der Waals surface area contributed by atoms with Crippen molar-refractivity contribution in [3.05, 3.63) is 22.8 Å². The molecule has 1 unspecified atom stereocenters. The third-order valence-corrected chi connectivity index (χ3v) is 2.81. The molecular weight excluding hydrogens is 208 g/mol. The van der Waals surface area contributed by atoms with E-state index in [1.165, 1.54) is 0 Å². The zero-order valence-corrected chi connectivity index (χ0v) is 9.62. The van der Waals surface area contributed by atoms with Crippen molar-refractivity contribution in [3.63, 3.8) is 0 Å². The average molecular weight is 224 g/mol. The van der Waals surface area contributed by atoms with Gasteiger partial charge in [0.05, 0.1) is 18.8 Å². The molecule has 0 radical (unpaired) electrons. The minimum atomic E-state index is -0.334. The standard InChI is InChI=1S/C12H16O4/c1-3-8-9-5-6-15-11(13)10(9)7-16-12(8)14-4-2/h3,12H,4-7H2,1-2H3/b8-3-. The van der Waals surface area contributed by atoms with Crippen molar-refractivity contribution < 1.29 is 19.0 Å². The van der Waals surface area contributed by atoms with E-state index in [1.54, 1.807) is 0 Å². The minimum Gasteiger partial charge on any atom is -0.462 e. The van der Waals surface area contributed by atoms with Gasteiger partial charge in [-0.25, -0.2) is 4.79 Å². The fraction of sp³-hybridized carbons (Fsp3) is 0.583. The number of carbonyl (C=O) groups is 1. The highest BCUT2D eigenvalue weighted by Crippen LogP contribution is 2.32. The van der Waals surface area contributed by atoms with Crippen LogP contribution in [-0.2, 0) is 19.0 Å². The summed E-state index contributed by atoms with van der Waals surface area (Å²) in [6.45, 7) is 5.19. The zero-order chi connectivity index (χ0) is 11.5. The van der Waals surface area contributed by atoms with Gasteiger partial charge in [-0.2, -0.15) is 0 Å². The zero-order valence-electron chi connectivity index (χ0n) is 9.62. The molecule has 2 rings (SSSR count). The average Bonchev–Trinajstić information content (AvgIpc) is 2.29. The normalized spacial score (nSPS) is 28.0. The highest BCUT2D eigenvalue weighted by Gasteiger charge is 2.32. The molecule has 0 aromatic heterocycles. The first-order valence-electron chi connectivity index (χ1n) is 5.56. The summed E-state index contributed by atoms with van der Waals surface area (Å²) in [5.74, 6) is -0.254. The molecule has 4 nitrogen and oxygen atoms in total. The van der Waals surface area contributed by atoms with E-state index in [1.807, 2.05) is 19.9 Å². The molecule has 0 saturated carbocycles. The second-order valence-corrected chi connectivity index (χ2v) is 3.69. The maximum Gasteiger partial charge on any atom is 0.336 e. The summed E-state index contributed by atoms with van der Waals surface area (Å²) < 4.78 is 16.0. The lowest BCUT2D eigenvalue weighted by Gasteiger charge is -2.31. The summed E-state index contributed by atoms with van der Waals surface area (Å²) in [5, 5.41) is 0. The Morgan fingerprint density at radius 1 is 1.50 bits per heavy atom. The summed E-state index contributed by atoms with van der Waals surface area (Å²) in [5.41, 5.74) is 2.67. The fourth-order valence-corrected chi connectivity index (χ4v) is 2.06. The van der Waals surface area contributed by atoms with Crippen LogP contribution in [-0.4, -0.2) is 32.1 Å². The van der Waals surface area contributed by atoms with Crippen molar-refractivity contribution in [2.75, 3.05) is 19.8 Å². The van der Waals surface area contributed by atoms with Gasteiger partial charge in [0, 0.05) is 18.6 Å². The lowest BCUT2D eigenvalue weighted by Crippen LogP contribution is -2.33. The summed E-state index contributed by atoms with van der Waals surface area (Å²) >= 11 is 0. The number of rotatable bonds is 2. The van der Waals surface area contributed by atoms with E-state index < -0.39 is 0 Å². The monoisotopic (exact) mass is 224 g/mol. The van der Waals surface area contributed by atoms with E-state index in [4.69, 9.17) is 14.2 Å². The Bertz CT molecular complexity index is 354. The highest BCUT2D eigenvalue weighted by molar-refractivity contribution is 5.91. The first kappa shape index (κ1) is 11.4. The van der Waals surface area contributed by atoms with Crippen LogP contribution >= 0.6 is 0 Å². The molecule has 0 amide bonds. The summed E-state index contributed by atoms with van der Waals surface area (Å²) in [7, 11) is 0. The Morgan fingerprint density at radius 3 is 3.00 bits per heavy atom. The molecule has 0 saturated heterocycles. The fourth-order valence-electron chi connectivity index (χ4n) is 2.06. The van der Waals surface area contributed by atoms with Crippen LogP contribution in [0.25, 0.3) is 0 Å². The Labute approximate surface area is 94.9 Å². The first-order chi connectivity index (χ1) is 7.77. The van der Waals surface area contributed by atoms with E-state index in [9.17, 15) is 4.79 Å². The lowest BCUT2D eigenvalue weighted by molar-refractivity contribution is -0.146. The van der Waals surface area contributed by atoms with Crippen LogP contribution in [0.5, 0.6) is 0 Å². The third-order valence-electron chi connectivity index (χ3n) is 2.81. The topological polar surface area (TPSA) is 44.8 Å². The van der Waals surface area contributed by atoms with Crippen LogP contribution in [0.1, 0.15) is 20.3 Å². The maximum absolute atomic E-state index is 11.5. The van der Waals surface area contributed by atoms with Gasteiger partial charge in [0.25, 0.3) is 0 Å². The molecule has 0 aromatic rings. The molecule has 0 N–H and O–H groups in total. The number of allylic oxidation sites excluding steroid dienone is 1. The summed E-state index contributed by atoms with van der Waals surface area (Å²) in [4.78, 5) is 11.5. The van der Waals surface area contributed by atoms with E-state index in [0.717, 1.165) is 17.6 Å². The maximum atomic E-state index is 11.5. The molecule has 0 fully saturated rings. The van der Waals surface area contributed by atoms with E-state index >= 15 is 0 Å². The second-order valence-electron chi connectivity index (χ2n) is 3.69. The number of hydrogen-bond donors (Lipinski definition) is 0. The Kier molecular flexibility index (Phi) is 3.41. The summed E-state index contributed by atoms with van der Waals surface area (Å²) in [6, 6.07) is 0. The Hall–Kier alpha value is -1.13. The van der Waals surface area contributed by atoms with Gasteiger partial charge in [-0.1, -0.05) is 6.08 Å². The van der Waals surface area contributed by atoms with E-state index in [-0.39, 0.29) is 18.9 Å². The molecular formula is C12H16O4. The predicted octanol–water partition coefficient (Wildman–Crippen LogP) is 1.57. The SMILES string of the molecule is C/C=C1/C2=C(COC1OCC)C(=O)OCC2. The van der Waals surface area contributed by atoms with Crippen molar-refractivity contribution in [2.24, 2.45) is 0 Å². The van der Waals surface area contributed by atoms with Crippen LogP contribution in [0.3, 0.4) is 0 Å². The van der Waals surface area contributed by atoms with Crippen LogP contribution in [0.2, 0.25) is 0 Å². The molecule has 0 aliphatic carbocycles. The largest absolute Gasteiger partial charge is 0.462 e. The first-order valence-corrected chi connectivity index (χ1v) is 5.56. The van der Waals surface area contributed by atoms with E-state index in [2.05, 4.69) is 0 Å². The minimum absolute atomic E-state index is 0.254. The van der Waals surface area contributed by atoms with Gasteiger partial charge in [0.15, 0.2) is 6.29 Å². The van der Waals surface area contributed by atoms with Gasteiger partial charge >= 0.3 is 5.97 Å². The number of cyclic esters (lactones) is 1. The number of carbonyl (C=O) groups excluding carboxylic acids is 1. The van der Waals surface area contributed by atoms with E-state index in [0.29, 0.717) is 18.8 Å². The molecule has 2 heterocycles. The molecule has 2 aliphatic heterocycles. The summed E-state index contributed by atoms with van der Waals surface area (Å²) in [6.07, 6.45) is 2.38. The van der Waals surface area contributed by atoms with Crippen molar-refractivity contribution in [1.82, 2.24) is 0 Å². The van der Waals surface area contributed by atoms with Crippen LogP contribution in [0, 0.1) is 0 Å². The van der Waals surface area contributed by atoms with Crippen molar-refractivity contribution in [1.29, 1.82) is 0 Å². The molecule has 2 aliphatic rings. The van der Waals surface area contributed by atoms with Gasteiger partial charge in [0.1, 0.15) is 0 Å². The molecule has 0 spiro atoms. The van der Waals surface area contributed by atoms with Crippen LogP contribution in [0.15, 0.2) is 22.8 Å². The number of ether oxygens (including phenoxy) is 3. The third kappa shape index (κ3) is 1.90. The lowest BCUT2D eigenvalue weighted by atomic mass is 9.93. The van der Waals surface area contributed by atoms with Crippen molar-refractivity contribution in [3.8, 4) is 0 Å². The van der Waals surface area contributed by atoms with Crippen molar-refractivity contribution >= 4 is 5.97 Å². The molecule has 16 heavy (non-hydrogen) atoms. The number of hydrogen-bond acceptors (Lipinski definition) is 4. The van der Waals surface area contributed by atoms with Gasteiger partial charge < -0.3 is 14.2 Å². The number of esters is 1. The van der Waals surface area contributed by atoms with Gasteiger partial charge in [-0.15, -0.1) is 0 Å². The Morgan fingerprint density at radius 2 is 2.31 bits per heavy atom. The molecule has 1 atom stereocenters. The van der Waals surface area contributed by atoms with Gasteiger partial charge in [-0.3, -0.25) is 0 Å². The second kappa shape index (κ2) is 4.80. The Balaban J connectivity index is 2.31. The highest BCUT2D eigenvalue weighted by atomic mass is 16.7. The van der Waals surface area contributed by atoms with Gasteiger partial charge in [0.2, 0.25) is 0 Å². The van der Waals surface area contributed by atoms with Crippen LogP contribution in [0.4, 0.5) is 0 Å². The molecule has 88 valence electrons. The predicted molar refractivity (Wildman–Crippen MR) is 57.7 cm³/mol. The van der Waals surface area contributed by atoms with Gasteiger partial charge in [-0.05, 0) is 19.4 Å². The molecule has 0 aromatic carbocycles. The van der Waals surface area contributed by atoms with Crippen LogP contribution < -0.4 is 0 Å². The quantitative estimate of drug-likeness (QED) is 0.668. The van der Waals surface area contributed by atoms with Crippen molar-refractivity contribution in [2.45, 2.75) is 26.6 Å².